The van der Waals surface area contributed by atoms with Gasteiger partial charge < -0.3 is 13.3 Å². The first-order chi connectivity index (χ1) is 15.7. The highest BCUT2D eigenvalue weighted by molar-refractivity contribution is 6.60. The maximum atomic E-state index is 6.13. The van der Waals surface area contributed by atoms with Crippen LogP contribution in [-0.2, 0) is 13.3 Å². The lowest BCUT2D eigenvalue weighted by Gasteiger charge is -2.38. The molecular weight excluding hydrogens is 414 g/mol. The molecule has 0 aromatic heterocycles. The van der Waals surface area contributed by atoms with E-state index < -0.39 is 8.80 Å². The fraction of sp³-hybridized carbons (Fsp3) is 0.333. The van der Waals surface area contributed by atoms with E-state index >= 15 is 0 Å². The molecule has 0 radical (unpaired) electrons. The van der Waals surface area contributed by atoms with Gasteiger partial charge in [-0.1, -0.05) is 54.6 Å². The predicted molar refractivity (Wildman–Crippen MR) is 135 cm³/mol. The van der Waals surface area contributed by atoms with Crippen LogP contribution in [0.5, 0.6) is 0 Å². The van der Waals surface area contributed by atoms with E-state index in [0.29, 0.717) is 24.3 Å². The summed E-state index contributed by atoms with van der Waals surface area (Å²) >= 11 is 0. The second-order valence-corrected chi connectivity index (χ2v) is 10.4. The Morgan fingerprint density at radius 2 is 0.906 bits per heavy atom. The lowest BCUT2D eigenvalue weighted by Crippen LogP contribution is -2.47. The monoisotopic (exact) mass is 450 g/mol. The van der Waals surface area contributed by atoms with Crippen LogP contribution in [0.3, 0.4) is 0 Å². The second kappa shape index (κ2) is 12.1. The summed E-state index contributed by atoms with van der Waals surface area (Å²) in [5, 5.41) is 0. The van der Waals surface area contributed by atoms with Crippen LogP contribution >= 0.6 is 0 Å². The van der Waals surface area contributed by atoms with Crippen molar-refractivity contribution in [2.45, 2.75) is 33.2 Å². The van der Waals surface area contributed by atoms with Crippen molar-refractivity contribution in [2.24, 2.45) is 0 Å². The van der Waals surface area contributed by atoms with Gasteiger partial charge in [0.2, 0.25) is 0 Å². The van der Waals surface area contributed by atoms with Gasteiger partial charge in [-0.3, -0.25) is 0 Å². The Morgan fingerprint density at radius 3 is 1.22 bits per heavy atom. The van der Waals surface area contributed by atoms with Crippen molar-refractivity contribution in [3.05, 3.63) is 91.0 Å². The summed E-state index contributed by atoms with van der Waals surface area (Å²) in [6.07, 6.45) is 0.908. The van der Waals surface area contributed by atoms with Gasteiger partial charge in [-0.2, -0.15) is 0 Å². The number of nitrogens with zero attached hydrogens (tertiary/aromatic N) is 1. The van der Waals surface area contributed by atoms with Crippen molar-refractivity contribution in [1.29, 1.82) is 0 Å². The van der Waals surface area contributed by atoms with Crippen molar-refractivity contribution >= 4 is 25.9 Å². The zero-order valence-corrected chi connectivity index (χ0v) is 20.6. The Labute approximate surface area is 194 Å². The van der Waals surface area contributed by atoms with E-state index in [1.807, 2.05) is 20.8 Å². The van der Waals surface area contributed by atoms with Crippen LogP contribution in [0, 0.1) is 0 Å². The van der Waals surface area contributed by atoms with Crippen LogP contribution in [0.1, 0.15) is 27.2 Å². The van der Waals surface area contributed by atoms with E-state index in [-0.39, 0.29) is 0 Å². The average molecular weight is 451 g/mol. The standard InChI is InChI=1S/C27H36NO3Si/c1-4-29-32(30-5-2,31-6-3)24-16-23-28(25-17-10-7-11-18-25,26-19-12-8-13-20-26)27-21-14-9-15-22-27/h7-15,17-22H,4-6,16,23-24H2,1-3H3/q+1. The van der Waals surface area contributed by atoms with Crippen molar-refractivity contribution in [1.82, 2.24) is 4.48 Å². The highest BCUT2D eigenvalue weighted by Crippen LogP contribution is 2.44. The van der Waals surface area contributed by atoms with Gasteiger partial charge in [0, 0.05) is 32.3 Å². The number of quaternary nitrogens is 1. The summed E-state index contributed by atoms with van der Waals surface area (Å²) < 4.78 is 19.0. The molecule has 32 heavy (non-hydrogen) atoms. The second-order valence-electron chi connectivity index (χ2n) is 7.63. The van der Waals surface area contributed by atoms with Crippen molar-refractivity contribution < 1.29 is 13.3 Å². The first kappa shape index (κ1) is 24.4. The molecule has 170 valence electrons. The van der Waals surface area contributed by atoms with Gasteiger partial charge in [0.25, 0.3) is 0 Å². The van der Waals surface area contributed by atoms with E-state index in [9.17, 15) is 0 Å². The molecule has 5 heteroatoms. The van der Waals surface area contributed by atoms with Crippen molar-refractivity contribution in [3.63, 3.8) is 0 Å². The summed E-state index contributed by atoms with van der Waals surface area (Å²) in [5.41, 5.74) is 3.71. The van der Waals surface area contributed by atoms with E-state index in [2.05, 4.69) is 91.0 Å². The highest BCUT2D eigenvalue weighted by atomic mass is 28.4. The number of hydrogen-bond donors (Lipinski definition) is 0. The van der Waals surface area contributed by atoms with Crippen molar-refractivity contribution in [2.75, 3.05) is 26.4 Å². The molecule has 0 amide bonds. The van der Waals surface area contributed by atoms with Crippen molar-refractivity contribution in [3.8, 4) is 0 Å². The zero-order chi connectivity index (χ0) is 22.7. The maximum Gasteiger partial charge on any atom is 0.501 e. The molecule has 4 nitrogen and oxygen atoms in total. The number of rotatable bonds is 13. The highest BCUT2D eigenvalue weighted by Gasteiger charge is 2.42. The minimum Gasteiger partial charge on any atom is -0.374 e. The number of benzene rings is 3. The summed E-state index contributed by atoms with van der Waals surface area (Å²) in [4.78, 5) is 0. The van der Waals surface area contributed by atoms with E-state index in [1.54, 1.807) is 0 Å². The normalized spacial score (nSPS) is 12.1. The van der Waals surface area contributed by atoms with E-state index in [1.165, 1.54) is 17.1 Å². The molecule has 3 aromatic rings. The van der Waals surface area contributed by atoms with Crippen LogP contribution in [0.4, 0.5) is 17.1 Å². The molecule has 0 heterocycles. The molecule has 3 rings (SSSR count). The summed E-state index contributed by atoms with van der Waals surface area (Å²) in [6.45, 7) is 8.71. The van der Waals surface area contributed by atoms with E-state index in [0.717, 1.165) is 19.0 Å². The lowest BCUT2D eigenvalue weighted by molar-refractivity contribution is 0.0705. The molecule has 0 N–H and O–H groups in total. The van der Waals surface area contributed by atoms with Crippen LogP contribution in [-0.4, -0.2) is 35.2 Å². The maximum absolute atomic E-state index is 6.13. The van der Waals surface area contributed by atoms with E-state index in [4.69, 9.17) is 13.3 Å². The Balaban J connectivity index is 2.03. The Morgan fingerprint density at radius 1 is 0.562 bits per heavy atom. The first-order valence-electron chi connectivity index (χ1n) is 11.7. The molecule has 0 fully saturated rings. The molecule has 3 aromatic carbocycles. The smallest absolute Gasteiger partial charge is 0.374 e. The fourth-order valence-electron chi connectivity index (χ4n) is 4.42. The largest absolute Gasteiger partial charge is 0.501 e. The quantitative estimate of drug-likeness (QED) is 0.205. The third-order valence-corrected chi connectivity index (χ3v) is 8.81. The van der Waals surface area contributed by atoms with Gasteiger partial charge in [0.05, 0.1) is 6.54 Å². The van der Waals surface area contributed by atoms with Gasteiger partial charge >= 0.3 is 8.80 Å². The third kappa shape index (κ3) is 5.55. The van der Waals surface area contributed by atoms with Gasteiger partial charge in [-0.15, -0.1) is 0 Å². The molecule has 0 aliphatic heterocycles. The Bertz CT molecular complexity index is 792. The minimum absolute atomic E-state index is 0.599. The molecule has 0 atom stereocenters. The summed E-state index contributed by atoms with van der Waals surface area (Å²) in [7, 11) is -2.71. The van der Waals surface area contributed by atoms with Crippen LogP contribution < -0.4 is 4.48 Å². The molecule has 0 spiro atoms. The zero-order valence-electron chi connectivity index (χ0n) is 19.6. The molecule has 0 saturated heterocycles. The number of hydrogen-bond acceptors (Lipinski definition) is 3. The van der Waals surface area contributed by atoms with Crippen LogP contribution in [0.25, 0.3) is 0 Å². The summed E-state index contributed by atoms with van der Waals surface area (Å²) in [6, 6.07) is 33.0. The van der Waals surface area contributed by atoms with Gasteiger partial charge in [0.1, 0.15) is 17.1 Å². The molecular formula is C27H36NO3Si+. The average Bonchev–Trinajstić information content (AvgIpc) is 2.84. The fourth-order valence-corrected chi connectivity index (χ4v) is 7.01. The van der Waals surface area contributed by atoms with Gasteiger partial charge in [0.15, 0.2) is 0 Å². The third-order valence-electron chi connectivity index (χ3n) is 5.66. The van der Waals surface area contributed by atoms with Crippen LogP contribution in [0.2, 0.25) is 6.04 Å². The predicted octanol–water partition coefficient (Wildman–Crippen LogP) is 7.10. The van der Waals surface area contributed by atoms with Gasteiger partial charge in [-0.05, 0) is 57.2 Å². The Hall–Kier alpha value is -2.28. The molecule has 0 saturated carbocycles. The Kier molecular flexibility index (Phi) is 9.20. The summed E-state index contributed by atoms with van der Waals surface area (Å²) in [5.74, 6) is 0. The molecule has 0 unspecified atom stereocenters. The molecule has 0 aliphatic carbocycles. The topological polar surface area (TPSA) is 27.7 Å². The minimum atomic E-state index is -2.71. The SMILES string of the molecule is CCO[Si](CCC[N+](c1ccccc1)(c1ccccc1)c1ccccc1)(OCC)OCC. The first-order valence-corrected chi connectivity index (χ1v) is 13.6. The number of para-hydroxylation sites is 3. The molecule has 0 bridgehead atoms. The molecule has 0 aliphatic rings. The van der Waals surface area contributed by atoms with Crippen LogP contribution in [0.15, 0.2) is 91.0 Å². The van der Waals surface area contributed by atoms with Gasteiger partial charge in [-0.25, -0.2) is 4.48 Å². The lowest BCUT2D eigenvalue weighted by atomic mass is 10.1.